The normalized spacial score (nSPS) is 11.1. The fourth-order valence-corrected chi connectivity index (χ4v) is 1.27. The molecule has 0 spiro atoms. The third-order valence-corrected chi connectivity index (χ3v) is 2.10. The molecule has 0 heterocycles. The van der Waals surface area contributed by atoms with Crippen molar-refractivity contribution in [3.05, 3.63) is 29.8 Å². The van der Waals surface area contributed by atoms with Gasteiger partial charge < -0.3 is 11.1 Å². The summed E-state index contributed by atoms with van der Waals surface area (Å²) >= 11 is 0. The molecule has 0 atom stereocenters. The number of para-hydroxylation sites is 1. The van der Waals surface area contributed by atoms with Crippen molar-refractivity contribution in [1.82, 2.24) is 0 Å². The molecule has 3 N–H and O–H groups in total. The molecule has 1 rings (SSSR count). The van der Waals surface area contributed by atoms with Crippen molar-refractivity contribution in [2.24, 2.45) is 5.73 Å². The zero-order chi connectivity index (χ0) is 13.8. The molecule has 18 heavy (non-hydrogen) atoms. The third-order valence-electron chi connectivity index (χ3n) is 2.10. The van der Waals surface area contributed by atoms with Crippen LogP contribution in [0.2, 0.25) is 0 Å². The number of alkyl halides is 3. The predicted octanol–water partition coefficient (Wildman–Crippen LogP) is 2.07. The van der Waals surface area contributed by atoms with Gasteiger partial charge in [-0.05, 0) is 12.1 Å². The second kappa shape index (κ2) is 5.52. The number of hydrogen-bond donors (Lipinski definition) is 2. The van der Waals surface area contributed by atoms with E-state index in [1.54, 1.807) is 0 Å². The molecule has 98 valence electrons. The monoisotopic (exact) mass is 260 g/mol. The summed E-state index contributed by atoms with van der Waals surface area (Å²) in [5.74, 6) is -1.58. The highest BCUT2D eigenvalue weighted by Crippen LogP contribution is 2.22. The molecule has 0 aromatic heterocycles. The molecular formula is C11H11F3N2O2. The number of nitrogens with two attached hydrogens (primary N) is 1. The van der Waals surface area contributed by atoms with Crippen molar-refractivity contribution in [3.63, 3.8) is 0 Å². The van der Waals surface area contributed by atoms with Crippen LogP contribution in [0.5, 0.6) is 0 Å². The first-order valence-corrected chi connectivity index (χ1v) is 5.05. The molecule has 0 unspecified atom stereocenters. The Kier molecular flexibility index (Phi) is 4.30. The number of carbonyl (C=O) groups is 2. The number of hydrogen-bond acceptors (Lipinski definition) is 2. The molecule has 0 aliphatic rings. The van der Waals surface area contributed by atoms with E-state index in [1.165, 1.54) is 24.3 Å². The lowest BCUT2D eigenvalue weighted by Gasteiger charge is -2.09. The molecule has 0 aliphatic heterocycles. The van der Waals surface area contributed by atoms with Crippen molar-refractivity contribution < 1.29 is 22.8 Å². The highest BCUT2D eigenvalue weighted by atomic mass is 19.4. The Morgan fingerprint density at radius 2 is 1.83 bits per heavy atom. The van der Waals surface area contributed by atoms with Crippen molar-refractivity contribution >= 4 is 17.5 Å². The van der Waals surface area contributed by atoms with Crippen molar-refractivity contribution in [2.45, 2.75) is 19.0 Å². The van der Waals surface area contributed by atoms with Gasteiger partial charge in [-0.1, -0.05) is 12.1 Å². The molecule has 7 heteroatoms. The first-order valence-electron chi connectivity index (χ1n) is 5.05. The Labute approximate surface area is 101 Å². The van der Waals surface area contributed by atoms with Crippen LogP contribution < -0.4 is 11.1 Å². The van der Waals surface area contributed by atoms with Crippen LogP contribution in [0.4, 0.5) is 18.9 Å². The Morgan fingerprint density at radius 3 is 2.39 bits per heavy atom. The lowest BCUT2D eigenvalue weighted by atomic mass is 10.1. The van der Waals surface area contributed by atoms with E-state index < -0.39 is 30.8 Å². The number of amides is 2. The van der Waals surface area contributed by atoms with E-state index in [2.05, 4.69) is 5.32 Å². The summed E-state index contributed by atoms with van der Waals surface area (Å²) in [6, 6.07) is 5.84. The summed E-state index contributed by atoms with van der Waals surface area (Å²) in [7, 11) is 0. The maximum Gasteiger partial charge on any atom is 0.389 e. The lowest BCUT2D eigenvalue weighted by Crippen LogP contribution is -2.19. The van der Waals surface area contributed by atoms with Gasteiger partial charge in [-0.15, -0.1) is 0 Å². The summed E-state index contributed by atoms with van der Waals surface area (Å²) in [5, 5.41) is 2.22. The molecule has 0 saturated heterocycles. The van der Waals surface area contributed by atoms with Crippen LogP contribution in [0.3, 0.4) is 0 Å². The highest BCUT2D eigenvalue weighted by molar-refractivity contribution is 6.02. The Balaban J connectivity index is 2.68. The van der Waals surface area contributed by atoms with Crippen molar-refractivity contribution in [2.75, 3.05) is 5.32 Å². The average molecular weight is 260 g/mol. The molecule has 0 fully saturated rings. The van der Waals surface area contributed by atoms with Crippen LogP contribution in [0.15, 0.2) is 24.3 Å². The van der Waals surface area contributed by atoms with Gasteiger partial charge in [0.25, 0.3) is 5.91 Å². The smallest absolute Gasteiger partial charge is 0.366 e. The molecule has 1 aromatic rings. The molecule has 0 radical (unpaired) electrons. The number of rotatable bonds is 4. The fraction of sp³-hybridized carbons (Fsp3) is 0.273. The van der Waals surface area contributed by atoms with E-state index in [4.69, 9.17) is 5.73 Å². The number of halogens is 3. The zero-order valence-corrected chi connectivity index (χ0v) is 9.25. The van der Waals surface area contributed by atoms with Crippen LogP contribution in [0.1, 0.15) is 23.2 Å². The van der Waals surface area contributed by atoms with E-state index in [0.29, 0.717) is 0 Å². The maximum atomic E-state index is 11.9. The quantitative estimate of drug-likeness (QED) is 0.869. The maximum absolute atomic E-state index is 11.9. The van der Waals surface area contributed by atoms with Crippen LogP contribution >= 0.6 is 0 Å². The standard InChI is InChI=1S/C11H11F3N2O2/c12-11(13,14)6-5-9(17)16-8-4-2-1-3-7(8)10(15)18/h1-4H,5-6H2,(H2,15,18)(H,16,17). The summed E-state index contributed by atoms with van der Waals surface area (Å²) in [6.45, 7) is 0. The molecule has 2 amide bonds. The van der Waals surface area contributed by atoms with Gasteiger partial charge in [-0.3, -0.25) is 9.59 Å². The molecule has 0 bridgehead atoms. The third kappa shape index (κ3) is 4.44. The first kappa shape index (κ1) is 14.0. The largest absolute Gasteiger partial charge is 0.389 e. The van der Waals surface area contributed by atoms with Crippen molar-refractivity contribution in [1.29, 1.82) is 0 Å². The van der Waals surface area contributed by atoms with E-state index in [-0.39, 0.29) is 11.3 Å². The summed E-state index contributed by atoms with van der Waals surface area (Å²) < 4.78 is 35.7. The average Bonchev–Trinajstić information content (AvgIpc) is 2.26. The van der Waals surface area contributed by atoms with Crippen molar-refractivity contribution in [3.8, 4) is 0 Å². The number of carbonyl (C=O) groups excluding carboxylic acids is 2. The number of nitrogens with one attached hydrogen (secondary N) is 1. The second-order valence-electron chi connectivity index (χ2n) is 3.57. The van der Waals surface area contributed by atoms with E-state index >= 15 is 0 Å². The van der Waals surface area contributed by atoms with Crippen LogP contribution in [-0.2, 0) is 4.79 Å². The number of benzene rings is 1. The zero-order valence-electron chi connectivity index (χ0n) is 9.25. The molecule has 4 nitrogen and oxygen atoms in total. The Morgan fingerprint density at radius 1 is 1.22 bits per heavy atom. The second-order valence-corrected chi connectivity index (χ2v) is 3.57. The number of primary amides is 1. The number of anilines is 1. The fourth-order valence-electron chi connectivity index (χ4n) is 1.27. The summed E-state index contributed by atoms with van der Waals surface area (Å²) in [5.41, 5.74) is 5.23. The van der Waals surface area contributed by atoms with E-state index in [9.17, 15) is 22.8 Å². The Bertz CT molecular complexity index is 458. The minimum atomic E-state index is -4.39. The SMILES string of the molecule is NC(=O)c1ccccc1NC(=O)CCC(F)(F)F. The summed E-state index contributed by atoms with van der Waals surface area (Å²) in [6.07, 6.45) is -6.30. The van der Waals surface area contributed by atoms with Gasteiger partial charge in [-0.25, -0.2) is 0 Å². The molecule has 1 aromatic carbocycles. The van der Waals surface area contributed by atoms with Crippen LogP contribution in [0, 0.1) is 0 Å². The molecule has 0 saturated carbocycles. The molecule has 0 aliphatic carbocycles. The van der Waals surface area contributed by atoms with Crippen LogP contribution in [-0.4, -0.2) is 18.0 Å². The topological polar surface area (TPSA) is 72.2 Å². The van der Waals surface area contributed by atoms with Gasteiger partial charge in [0.05, 0.1) is 17.7 Å². The lowest BCUT2D eigenvalue weighted by molar-refractivity contribution is -0.142. The van der Waals surface area contributed by atoms with Gasteiger partial charge >= 0.3 is 6.18 Å². The Hall–Kier alpha value is -2.05. The van der Waals surface area contributed by atoms with Crippen LogP contribution in [0.25, 0.3) is 0 Å². The van der Waals surface area contributed by atoms with Gasteiger partial charge in [0.2, 0.25) is 5.91 Å². The minimum Gasteiger partial charge on any atom is -0.366 e. The minimum absolute atomic E-state index is 0.0536. The van der Waals surface area contributed by atoms with Gasteiger partial charge in [-0.2, -0.15) is 13.2 Å². The van der Waals surface area contributed by atoms with E-state index in [1.807, 2.05) is 0 Å². The molecular weight excluding hydrogens is 249 g/mol. The predicted molar refractivity (Wildman–Crippen MR) is 58.9 cm³/mol. The first-order chi connectivity index (χ1) is 8.29. The van der Waals surface area contributed by atoms with E-state index in [0.717, 1.165) is 0 Å². The summed E-state index contributed by atoms with van der Waals surface area (Å²) in [4.78, 5) is 22.3. The van der Waals surface area contributed by atoms with Gasteiger partial charge in [0.15, 0.2) is 0 Å². The van der Waals surface area contributed by atoms with Gasteiger partial charge in [0.1, 0.15) is 0 Å². The highest BCUT2D eigenvalue weighted by Gasteiger charge is 2.28. The van der Waals surface area contributed by atoms with Gasteiger partial charge in [0, 0.05) is 6.42 Å².